The third-order valence-electron chi connectivity index (χ3n) is 4.93. The molecule has 1 aromatic carbocycles. The summed E-state index contributed by atoms with van der Waals surface area (Å²) in [6, 6.07) is 9.32. The number of carbonyl (C=O) groups excluding carboxylic acids is 1. The van der Waals surface area contributed by atoms with Crippen LogP contribution in [0.25, 0.3) is 0 Å². The van der Waals surface area contributed by atoms with E-state index >= 15 is 0 Å². The number of furan rings is 1. The van der Waals surface area contributed by atoms with Crippen molar-refractivity contribution in [1.82, 2.24) is 15.3 Å². The van der Waals surface area contributed by atoms with Crippen LogP contribution in [0.1, 0.15) is 27.4 Å². The highest BCUT2D eigenvalue weighted by atomic mass is 16.5. The van der Waals surface area contributed by atoms with Crippen molar-refractivity contribution in [3.05, 3.63) is 65.5 Å². The minimum atomic E-state index is -0.270. The molecule has 0 atom stereocenters. The molecule has 0 bridgehead atoms. The average molecular weight is 394 g/mol. The highest BCUT2D eigenvalue weighted by Gasteiger charge is 2.21. The molecule has 8 heteroatoms. The van der Waals surface area contributed by atoms with Crippen LogP contribution in [0.3, 0.4) is 0 Å². The summed E-state index contributed by atoms with van der Waals surface area (Å²) in [7, 11) is 3.27. The number of aromatic nitrogens is 2. The van der Waals surface area contributed by atoms with Crippen LogP contribution in [-0.2, 0) is 19.5 Å². The fourth-order valence-corrected chi connectivity index (χ4v) is 3.39. The topological polar surface area (TPSA) is 89.7 Å². The summed E-state index contributed by atoms with van der Waals surface area (Å²) in [5, 5.41) is 2.80. The van der Waals surface area contributed by atoms with Gasteiger partial charge in [0.2, 0.25) is 0 Å². The maximum atomic E-state index is 12.4. The van der Waals surface area contributed by atoms with Crippen LogP contribution in [0.2, 0.25) is 0 Å². The second-order valence-corrected chi connectivity index (χ2v) is 6.67. The fraction of sp³-hybridized carbons (Fsp3) is 0.286. The van der Waals surface area contributed by atoms with Crippen LogP contribution in [-0.4, -0.2) is 36.6 Å². The van der Waals surface area contributed by atoms with Crippen molar-refractivity contribution in [2.75, 3.05) is 25.7 Å². The standard InChI is InChI=1S/C21H22N4O4/c1-27-18-8-14-5-6-25(12-15(14)9-19(18)28-2)20-10-17(23-13-24-20)21(26)22-11-16-4-3-7-29-16/h3-4,7-10,13H,5-6,11-12H2,1-2H3,(H,22,26). The van der Waals surface area contributed by atoms with Gasteiger partial charge in [-0.1, -0.05) is 0 Å². The predicted octanol–water partition coefficient (Wildman–Crippen LogP) is 2.58. The Balaban J connectivity index is 1.49. The molecular weight excluding hydrogens is 372 g/mol. The van der Waals surface area contributed by atoms with E-state index in [2.05, 4.69) is 20.2 Å². The van der Waals surface area contributed by atoms with Crippen LogP contribution in [0, 0.1) is 0 Å². The lowest BCUT2D eigenvalue weighted by Gasteiger charge is -2.30. The molecule has 150 valence electrons. The number of carbonyl (C=O) groups is 1. The number of fused-ring (bicyclic) bond motifs is 1. The Morgan fingerprint density at radius 2 is 1.97 bits per heavy atom. The maximum Gasteiger partial charge on any atom is 0.270 e. The number of ether oxygens (including phenoxy) is 2. The minimum absolute atomic E-state index is 0.270. The van der Waals surface area contributed by atoms with Crippen LogP contribution >= 0.6 is 0 Å². The summed E-state index contributed by atoms with van der Waals surface area (Å²) in [6.07, 6.45) is 3.84. The molecule has 29 heavy (non-hydrogen) atoms. The van der Waals surface area contributed by atoms with E-state index in [1.807, 2.05) is 12.1 Å². The molecule has 2 aromatic heterocycles. The highest BCUT2D eigenvalue weighted by molar-refractivity contribution is 5.92. The first-order valence-electron chi connectivity index (χ1n) is 9.29. The second kappa shape index (κ2) is 8.22. The van der Waals surface area contributed by atoms with Crippen LogP contribution < -0.4 is 19.7 Å². The van der Waals surface area contributed by atoms with Gasteiger partial charge in [-0.2, -0.15) is 0 Å². The molecule has 0 unspecified atom stereocenters. The summed E-state index contributed by atoms with van der Waals surface area (Å²) in [5.41, 5.74) is 2.69. The van der Waals surface area contributed by atoms with E-state index in [0.717, 1.165) is 24.3 Å². The number of nitrogens with zero attached hydrogens (tertiary/aromatic N) is 3. The summed E-state index contributed by atoms with van der Waals surface area (Å²) in [4.78, 5) is 23.0. The summed E-state index contributed by atoms with van der Waals surface area (Å²) in [6.45, 7) is 1.76. The van der Waals surface area contributed by atoms with Crippen molar-refractivity contribution in [1.29, 1.82) is 0 Å². The number of hydrogen-bond donors (Lipinski definition) is 1. The zero-order valence-corrected chi connectivity index (χ0v) is 16.3. The second-order valence-electron chi connectivity index (χ2n) is 6.67. The third kappa shape index (κ3) is 4.01. The van der Waals surface area contributed by atoms with Gasteiger partial charge < -0.3 is 24.1 Å². The van der Waals surface area contributed by atoms with E-state index in [0.29, 0.717) is 36.1 Å². The Labute approximate surface area is 168 Å². The molecule has 1 aliphatic heterocycles. The van der Waals surface area contributed by atoms with E-state index < -0.39 is 0 Å². The third-order valence-corrected chi connectivity index (χ3v) is 4.93. The number of methoxy groups -OCH3 is 2. The monoisotopic (exact) mass is 394 g/mol. The van der Waals surface area contributed by atoms with Crippen molar-refractivity contribution in [2.24, 2.45) is 0 Å². The Morgan fingerprint density at radius 1 is 1.17 bits per heavy atom. The zero-order valence-electron chi connectivity index (χ0n) is 16.3. The van der Waals surface area contributed by atoms with Gasteiger partial charge in [-0.05, 0) is 41.8 Å². The number of anilines is 1. The SMILES string of the molecule is COc1cc2c(cc1OC)CN(c1cc(C(=O)NCc3ccco3)ncn1)CC2. The van der Waals surface area contributed by atoms with Crippen molar-refractivity contribution < 1.29 is 18.7 Å². The molecule has 1 amide bonds. The predicted molar refractivity (Wildman–Crippen MR) is 106 cm³/mol. The van der Waals surface area contributed by atoms with Gasteiger partial charge in [0.05, 0.1) is 27.0 Å². The molecule has 0 aliphatic carbocycles. The molecular formula is C21H22N4O4. The zero-order chi connectivity index (χ0) is 20.2. The van der Waals surface area contributed by atoms with Crippen LogP contribution in [0.5, 0.6) is 11.5 Å². The smallest absolute Gasteiger partial charge is 0.270 e. The molecule has 0 saturated carbocycles. The summed E-state index contributed by atoms with van der Waals surface area (Å²) >= 11 is 0. The molecule has 3 aromatic rings. The van der Waals surface area contributed by atoms with Crippen molar-refractivity contribution in [3.8, 4) is 11.5 Å². The average Bonchev–Trinajstić information content (AvgIpc) is 3.29. The number of benzene rings is 1. The number of hydrogen-bond acceptors (Lipinski definition) is 7. The summed E-state index contributed by atoms with van der Waals surface area (Å²) < 4.78 is 16.0. The lowest BCUT2D eigenvalue weighted by molar-refractivity contribution is 0.0943. The molecule has 0 fully saturated rings. The molecule has 0 spiro atoms. The molecule has 4 rings (SSSR count). The van der Waals surface area contributed by atoms with E-state index in [1.54, 1.807) is 38.7 Å². The van der Waals surface area contributed by atoms with Gasteiger partial charge in [-0.25, -0.2) is 9.97 Å². The fourth-order valence-electron chi connectivity index (χ4n) is 3.39. The Morgan fingerprint density at radius 3 is 2.69 bits per heavy atom. The molecule has 3 heterocycles. The van der Waals surface area contributed by atoms with Crippen molar-refractivity contribution >= 4 is 11.7 Å². The number of rotatable bonds is 6. The van der Waals surface area contributed by atoms with E-state index in [9.17, 15) is 4.79 Å². The lowest BCUT2D eigenvalue weighted by Crippen LogP contribution is -2.32. The molecule has 0 radical (unpaired) electrons. The highest BCUT2D eigenvalue weighted by Crippen LogP contribution is 2.34. The van der Waals surface area contributed by atoms with E-state index in [4.69, 9.17) is 13.9 Å². The van der Waals surface area contributed by atoms with Gasteiger partial charge in [0.1, 0.15) is 23.6 Å². The Kier molecular flexibility index (Phi) is 5.33. The van der Waals surface area contributed by atoms with Gasteiger partial charge in [0.15, 0.2) is 11.5 Å². The Bertz CT molecular complexity index is 1000. The minimum Gasteiger partial charge on any atom is -0.493 e. The van der Waals surface area contributed by atoms with E-state index in [-0.39, 0.29) is 5.91 Å². The maximum absolute atomic E-state index is 12.4. The first-order chi connectivity index (χ1) is 14.2. The summed E-state index contributed by atoms with van der Waals surface area (Å²) in [5.74, 6) is 2.56. The normalized spacial score (nSPS) is 13.0. The van der Waals surface area contributed by atoms with Crippen molar-refractivity contribution in [3.63, 3.8) is 0 Å². The Hall–Kier alpha value is -3.55. The number of amides is 1. The quantitative estimate of drug-likeness (QED) is 0.687. The molecule has 8 nitrogen and oxygen atoms in total. The van der Waals surface area contributed by atoms with Gasteiger partial charge in [-0.15, -0.1) is 0 Å². The molecule has 1 N–H and O–H groups in total. The first kappa shape index (κ1) is 18.8. The number of nitrogens with one attached hydrogen (secondary N) is 1. The van der Waals surface area contributed by atoms with Crippen LogP contribution in [0.15, 0.2) is 47.3 Å². The first-order valence-corrected chi connectivity index (χ1v) is 9.29. The van der Waals surface area contributed by atoms with E-state index in [1.165, 1.54) is 11.9 Å². The van der Waals surface area contributed by atoms with Crippen LogP contribution in [0.4, 0.5) is 5.82 Å². The molecule has 0 saturated heterocycles. The lowest BCUT2D eigenvalue weighted by atomic mass is 9.99. The van der Waals surface area contributed by atoms with Gasteiger partial charge in [-0.3, -0.25) is 4.79 Å². The van der Waals surface area contributed by atoms with Gasteiger partial charge >= 0.3 is 0 Å². The largest absolute Gasteiger partial charge is 0.493 e. The molecule has 1 aliphatic rings. The van der Waals surface area contributed by atoms with Gasteiger partial charge in [0, 0.05) is 19.2 Å². The van der Waals surface area contributed by atoms with Gasteiger partial charge in [0.25, 0.3) is 5.91 Å². The van der Waals surface area contributed by atoms with Crippen molar-refractivity contribution in [2.45, 2.75) is 19.5 Å².